The molecule has 0 aliphatic carbocycles. The molecule has 3 heterocycles. The molecule has 4 rings (SSSR count). The van der Waals surface area contributed by atoms with Gasteiger partial charge < -0.3 is 10.0 Å². The van der Waals surface area contributed by atoms with Gasteiger partial charge in [0.05, 0.1) is 6.54 Å². The first-order chi connectivity index (χ1) is 16.5. The molecular weight excluding hydrogens is 603 g/mol. The number of aryl methyl sites for hydroxylation is 1. The van der Waals surface area contributed by atoms with E-state index in [1.165, 1.54) is 23.5 Å². The van der Waals surface area contributed by atoms with E-state index in [2.05, 4.69) is 28.7 Å². The molecule has 8 nitrogen and oxygen atoms in total. The highest BCUT2D eigenvalue weighted by Crippen LogP contribution is 2.33. The van der Waals surface area contributed by atoms with Crippen LogP contribution in [0.15, 0.2) is 56.2 Å². The minimum Gasteiger partial charge on any atom is -0.396 e. The first-order valence-corrected chi connectivity index (χ1v) is 15.6. The van der Waals surface area contributed by atoms with E-state index in [0.29, 0.717) is 28.1 Å². The fraction of sp³-hybridized carbons (Fsp3) is 0.273. The number of amidine groups is 1. The molecular formula is C22H23IN6O2S3. The Morgan fingerprint density at radius 3 is 2.76 bits per heavy atom. The van der Waals surface area contributed by atoms with E-state index in [0.717, 1.165) is 43.0 Å². The summed E-state index contributed by atoms with van der Waals surface area (Å²) in [6, 6.07) is 11.8. The van der Waals surface area contributed by atoms with Gasteiger partial charge in [-0.15, -0.1) is 20.7 Å². The number of alkyl halides is 1. The molecule has 2 aromatic heterocycles. The van der Waals surface area contributed by atoms with Crippen LogP contribution in [-0.2, 0) is 6.42 Å². The maximum Gasteiger partial charge on any atom is 0.277 e. The number of nitrogens with one attached hydrogen (secondary N) is 1. The Hall–Kier alpha value is -1.87. The number of aliphatic hydroxyl groups is 1. The number of carbonyl (C=O) groups is 1. The van der Waals surface area contributed by atoms with Crippen molar-refractivity contribution in [3.8, 4) is 0 Å². The smallest absolute Gasteiger partial charge is 0.277 e. The maximum atomic E-state index is 13.2. The van der Waals surface area contributed by atoms with E-state index in [4.69, 9.17) is 10.1 Å². The van der Waals surface area contributed by atoms with E-state index < -0.39 is 0 Å². The van der Waals surface area contributed by atoms with Gasteiger partial charge in [-0.2, -0.15) is 4.37 Å². The van der Waals surface area contributed by atoms with Gasteiger partial charge in [-0.25, -0.2) is 9.97 Å². The molecule has 1 aliphatic rings. The highest BCUT2D eigenvalue weighted by Gasteiger charge is 2.19. The Kier molecular flexibility index (Phi) is 9.05. The zero-order chi connectivity index (χ0) is 23.9. The molecule has 0 radical (unpaired) electrons. The summed E-state index contributed by atoms with van der Waals surface area (Å²) in [5.74, 6) is 0.287. The molecule has 178 valence electrons. The SMILES string of the molecule is Cc1nsc(NC(=O)c2nc(SC3=NCCI=CN3C)ccc2Sc2ccc(CCO)cc2)n1. The van der Waals surface area contributed by atoms with E-state index in [9.17, 15) is 4.79 Å². The quantitative estimate of drug-likeness (QED) is 0.296. The van der Waals surface area contributed by atoms with Crippen molar-refractivity contribution in [3.63, 3.8) is 0 Å². The fourth-order valence-electron chi connectivity index (χ4n) is 2.90. The van der Waals surface area contributed by atoms with Crippen LogP contribution in [-0.4, -0.2) is 64.2 Å². The van der Waals surface area contributed by atoms with Crippen LogP contribution in [0, 0.1) is 6.92 Å². The minimum absolute atomic E-state index is 0.0197. The summed E-state index contributed by atoms with van der Waals surface area (Å²) in [5, 5.41) is 14.0. The van der Waals surface area contributed by atoms with E-state index in [-0.39, 0.29) is 33.2 Å². The number of halogens is 1. The topological polar surface area (TPSA) is 104 Å². The third kappa shape index (κ3) is 6.84. The van der Waals surface area contributed by atoms with Crippen molar-refractivity contribution in [2.75, 3.05) is 29.9 Å². The second-order valence-corrected chi connectivity index (χ2v) is 12.5. The molecule has 0 bridgehead atoms. The monoisotopic (exact) mass is 626 g/mol. The zero-order valence-electron chi connectivity index (χ0n) is 18.6. The molecule has 1 aromatic carbocycles. The van der Waals surface area contributed by atoms with Gasteiger partial charge in [-0.05, 0) is 54.9 Å². The summed E-state index contributed by atoms with van der Waals surface area (Å²) in [7, 11) is 2.01. The lowest BCUT2D eigenvalue weighted by atomic mass is 10.2. The number of amides is 1. The number of pyridine rings is 1. The number of anilines is 1. The standard InChI is InChI=1S/C22H23IN6O2S3/c1-14-25-21(34-28-14)27-20(31)19-17(32-16-5-3-15(4-6-16)9-12-30)7-8-18(26-19)33-22-24-11-10-23-13-29(22)2/h3-8,13,30H,9-12H2,1-2H3,(H,25,27,28,31). The molecule has 1 amide bonds. The number of carbonyl (C=O) groups excluding carboxylic acids is 1. The van der Waals surface area contributed by atoms with Crippen molar-refractivity contribution >= 4 is 76.1 Å². The Balaban J connectivity index is 1.61. The number of nitrogens with zero attached hydrogens (tertiary/aromatic N) is 5. The number of aliphatic hydroxyl groups excluding tert-OH is 1. The number of hydrogen-bond donors (Lipinski definition) is 2. The predicted octanol–water partition coefficient (Wildman–Crippen LogP) is 4.30. The van der Waals surface area contributed by atoms with Gasteiger partial charge >= 0.3 is 0 Å². The normalized spacial score (nSPS) is 13.7. The highest BCUT2D eigenvalue weighted by atomic mass is 127. The van der Waals surface area contributed by atoms with Gasteiger partial charge in [0.25, 0.3) is 5.91 Å². The molecule has 0 atom stereocenters. The average Bonchev–Trinajstić information content (AvgIpc) is 3.13. The molecule has 0 saturated carbocycles. The minimum atomic E-state index is -0.327. The van der Waals surface area contributed by atoms with Crippen LogP contribution < -0.4 is 5.32 Å². The summed E-state index contributed by atoms with van der Waals surface area (Å²) < 4.78 is 7.49. The Morgan fingerprint density at radius 1 is 1.21 bits per heavy atom. The first kappa shape index (κ1) is 25.2. The van der Waals surface area contributed by atoms with Crippen LogP contribution in [0.1, 0.15) is 21.9 Å². The number of aliphatic imine (C=N–C) groups is 1. The fourth-order valence-corrected chi connectivity index (χ4v) is 7.03. The molecule has 12 heteroatoms. The van der Waals surface area contributed by atoms with Gasteiger partial charge in [0, 0.05) is 43.5 Å². The number of thioether (sulfide) groups is 1. The number of benzene rings is 1. The van der Waals surface area contributed by atoms with Crippen molar-refractivity contribution in [1.29, 1.82) is 0 Å². The molecule has 0 fully saturated rings. The van der Waals surface area contributed by atoms with Crippen LogP contribution in [0.4, 0.5) is 5.13 Å². The predicted molar refractivity (Wildman–Crippen MR) is 149 cm³/mol. The van der Waals surface area contributed by atoms with Gasteiger partial charge in [0.1, 0.15) is 16.5 Å². The van der Waals surface area contributed by atoms with Crippen LogP contribution in [0.2, 0.25) is 0 Å². The third-order valence-corrected chi connectivity index (χ3v) is 9.65. The van der Waals surface area contributed by atoms with Gasteiger partial charge in [-0.3, -0.25) is 15.1 Å². The van der Waals surface area contributed by atoms with Crippen molar-refractivity contribution in [2.45, 2.75) is 28.2 Å². The van der Waals surface area contributed by atoms with Crippen molar-refractivity contribution < 1.29 is 9.90 Å². The Bertz CT molecular complexity index is 1220. The second-order valence-electron chi connectivity index (χ2n) is 7.13. The molecule has 0 unspecified atom stereocenters. The van der Waals surface area contributed by atoms with Crippen LogP contribution >= 0.6 is 55.8 Å². The first-order valence-electron chi connectivity index (χ1n) is 10.4. The largest absolute Gasteiger partial charge is 0.396 e. The van der Waals surface area contributed by atoms with Crippen LogP contribution in [0.5, 0.6) is 0 Å². The van der Waals surface area contributed by atoms with Gasteiger partial charge in [0.15, 0.2) is 5.17 Å². The van der Waals surface area contributed by atoms with Crippen molar-refractivity contribution in [3.05, 3.63) is 53.5 Å². The van der Waals surface area contributed by atoms with E-state index >= 15 is 0 Å². The van der Waals surface area contributed by atoms with Crippen molar-refractivity contribution in [1.82, 2.24) is 19.2 Å². The van der Waals surface area contributed by atoms with Crippen LogP contribution in [0.3, 0.4) is 0 Å². The molecule has 0 saturated heterocycles. The lowest BCUT2D eigenvalue weighted by Crippen LogP contribution is -2.21. The van der Waals surface area contributed by atoms with Gasteiger partial charge in [-0.1, -0.05) is 23.9 Å². The lowest BCUT2D eigenvalue weighted by molar-refractivity contribution is 0.101. The van der Waals surface area contributed by atoms with Crippen LogP contribution in [0.25, 0.3) is 0 Å². The van der Waals surface area contributed by atoms with Gasteiger partial charge in [0.2, 0.25) is 5.13 Å². The molecule has 1 aliphatic heterocycles. The number of hydrogen-bond acceptors (Lipinski definition) is 10. The zero-order valence-corrected chi connectivity index (χ0v) is 23.2. The summed E-state index contributed by atoms with van der Waals surface area (Å²) in [5.41, 5.74) is 1.39. The Labute approximate surface area is 220 Å². The highest BCUT2D eigenvalue weighted by molar-refractivity contribution is 14.2. The third-order valence-electron chi connectivity index (χ3n) is 4.50. The lowest BCUT2D eigenvalue weighted by Gasteiger charge is -2.15. The maximum absolute atomic E-state index is 13.2. The molecule has 3 aromatic rings. The molecule has 0 spiro atoms. The van der Waals surface area contributed by atoms with Crippen molar-refractivity contribution in [2.24, 2.45) is 4.99 Å². The number of rotatable bonds is 7. The second kappa shape index (κ2) is 12.2. The number of aromatic nitrogens is 3. The summed E-state index contributed by atoms with van der Waals surface area (Å²) in [6.45, 7) is 2.72. The van der Waals surface area contributed by atoms with E-state index in [1.54, 1.807) is 6.92 Å². The van der Waals surface area contributed by atoms with E-state index in [1.807, 2.05) is 43.4 Å². The Morgan fingerprint density at radius 2 is 2.03 bits per heavy atom. The summed E-state index contributed by atoms with van der Waals surface area (Å²) >= 11 is 4.10. The summed E-state index contributed by atoms with van der Waals surface area (Å²) in [4.78, 5) is 30.6. The average molecular weight is 627 g/mol. The summed E-state index contributed by atoms with van der Waals surface area (Å²) in [6.07, 6.45) is 0.616. The molecule has 2 N–H and O–H groups in total. The molecule has 34 heavy (non-hydrogen) atoms.